The molecule has 2 bridgehead atoms. The number of fused-ring (bicyclic) bond motifs is 3. The second-order valence-electron chi connectivity index (χ2n) is 9.29. The number of nitrogens with zero attached hydrogens (tertiary/aromatic N) is 1. The summed E-state index contributed by atoms with van der Waals surface area (Å²) in [6.07, 6.45) is -3.08. The van der Waals surface area contributed by atoms with Crippen LogP contribution in [0.25, 0.3) is 0 Å². The third-order valence-corrected chi connectivity index (χ3v) is 7.33. The first kappa shape index (κ1) is 26.2. The fraction of sp³-hybridized carbons (Fsp3) is 0.458. The molecular weight excluding hydrogens is 506 g/mol. The van der Waals surface area contributed by atoms with E-state index in [1.807, 2.05) is 0 Å². The SMILES string of the molecule is O=C(COc1ccc(Cl)c(F)c1)NC12CCC(C(=O)NCc3ccc(C(F)(F)F)cn3)(CC1)[C@H](O)C2. The van der Waals surface area contributed by atoms with Crippen LogP contribution in [0.15, 0.2) is 36.5 Å². The number of nitrogens with one attached hydrogen (secondary N) is 2. The summed E-state index contributed by atoms with van der Waals surface area (Å²) in [6, 6.07) is 5.92. The van der Waals surface area contributed by atoms with Crippen molar-refractivity contribution in [3.05, 3.63) is 58.6 Å². The topological polar surface area (TPSA) is 101 Å². The molecule has 3 aliphatic rings. The lowest BCUT2D eigenvalue weighted by atomic mass is 9.55. The predicted octanol–water partition coefficient (Wildman–Crippen LogP) is 3.77. The summed E-state index contributed by atoms with van der Waals surface area (Å²) in [6.45, 7) is -0.430. The second-order valence-corrected chi connectivity index (χ2v) is 9.70. The Morgan fingerprint density at radius 2 is 1.89 bits per heavy atom. The number of carbonyl (C=O) groups is 2. The van der Waals surface area contributed by atoms with E-state index in [1.54, 1.807) is 0 Å². The monoisotopic (exact) mass is 529 g/mol. The molecule has 5 rings (SSSR count). The number of alkyl halides is 3. The average Bonchev–Trinajstić information content (AvgIpc) is 2.83. The van der Waals surface area contributed by atoms with Crippen molar-refractivity contribution >= 4 is 23.4 Å². The van der Waals surface area contributed by atoms with Crippen LogP contribution in [0, 0.1) is 11.2 Å². The molecule has 3 N–H and O–H groups in total. The molecule has 36 heavy (non-hydrogen) atoms. The van der Waals surface area contributed by atoms with Crippen LogP contribution in [0.2, 0.25) is 5.02 Å². The molecule has 0 saturated heterocycles. The summed E-state index contributed by atoms with van der Waals surface area (Å²) in [7, 11) is 0. The second kappa shape index (κ2) is 9.85. The molecule has 2 aromatic rings. The van der Waals surface area contributed by atoms with Gasteiger partial charge < -0.3 is 20.5 Å². The molecule has 0 radical (unpaired) electrons. The Hall–Kier alpha value is -2.92. The average molecular weight is 530 g/mol. The van der Waals surface area contributed by atoms with Gasteiger partial charge in [0.05, 0.1) is 34.3 Å². The Bertz CT molecular complexity index is 1140. The Balaban J connectivity index is 1.30. The molecule has 12 heteroatoms. The van der Waals surface area contributed by atoms with Crippen LogP contribution in [0.3, 0.4) is 0 Å². The largest absolute Gasteiger partial charge is 0.484 e. The molecule has 0 unspecified atom stereocenters. The normalized spacial score (nSPS) is 25.3. The van der Waals surface area contributed by atoms with Crippen LogP contribution >= 0.6 is 11.6 Å². The van der Waals surface area contributed by atoms with Crippen molar-refractivity contribution < 1.29 is 37.0 Å². The molecule has 1 aromatic carbocycles. The Kier molecular flexibility index (Phi) is 7.16. The number of aliphatic hydroxyl groups is 1. The van der Waals surface area contributed by atoms with E-state index in [0.717, 1.165) is 12.1 Å². The Morgan fingerprint density at radius 1 is 1.17 bits per heavy atom. The van der Waals surface area contributed by atoms with Crippen molar-refractivity contribution in [1.29, 1.82) is 0 Å². The van der Waals surface area contributed by atoms with Crippen molar-refractivity contribution in [3.8, 4) is 5.75 Å². The van der Waals surface area contributed by atoms with Gasteiger partial charge in [0, 0.05) is 17.8 Å². The van der Waals surface area contributed by atoms with Gasteiger partial charge in [0.25, 0.3) is 5.91 Å². The van der Waals surface area contributed by atoms with Gasteiger partial charge in [-0.25, -0.2) is 4.39 Å². The molecule has 0 aliphatic heterocycles. The number of pyridine rings is 1. The van der Waals surface area contributed by atoms with E-state index >= 15 is 0 Å². The minimum atomic E-state index is -4.50. The summed E-state index contributed by atoms with van der Waals surface area (Å²) < 4.78 is 56.9. The quantitative estimate of drug-likeness (QED) is 0.474. The van der Waals surface area contributed by atoms with Crippen molar-refractivity contribution in [3.63, 3.8) is 0 Å². The van der Waals surface area contributed by atoms with Crippen LogP contribution in [0.5, 0.6) is 5.75 Å². The van der Waals surface area contributed by atoms with Crippen LogP contribution in [0.4, 0.5) is 17.6 Å². The summed E-state index contributed by atoms with van der Waals surface area (Å²) in [5.41, 5.74) is -2.36. The highest BCUT2D eigenvalue weighted by Crippen LogP contribution is 2.52. The van der Waals surface area contributed by atoms with Crippen LogP contribution in [0.1, 0.15) is 43.4 Å². The minimum Gasteiger partial charge on any atom is -0.484 e. The highest BCUT2D eigenvalue weighted by Gasteiger charge is 2.58. The maximum absolute atomic E-state index is 13.5. The lowest BCUT2D eigenvalue weighted by Crippen LogP contribution is -2.65. The van der Waals surface area contributed by atoms with Crippen molar-refractivity contribution in [2.75, 3.05) is 6.61 Å². The first-order valence-corrected chi connectivity index (χ1v) is 11.7. The van der Waals surface area contributed by atoms with E-state index in [1.165, 1.54) is 18.2 Å². The van der Waals surface area contributed by atoms with Crippen molar-refractivity contribution in [1.82, 2.24) is 15.6 Å². The third-order valence-electron chi connectivity index (χ3n) is 7.02. The number of hydrogen-bond donors (Lipinski definition) is 3. The highest BCUT2D eigenvalue weighted by molar-refractivity contribution is 6.30. The number of halogens is 5. The number of hydrogen-bond acceptors (Lipinski definition) is 5. The number of aromatic nitrogens is 1. The van der Waals surface area contributed by atoms with Gasteiger partial charge in [0.15, 0.2) is 6.61 Å². The van der Waals surface area contributed by atoms with Gasteiger partial charge in [-0.2, -0.15) is 13.2 Å². The standard InChI is InChI=1S/C24H24ClF4N3O4/c25-17-4-3-16(9-18(17)26)36-13-20(34)32-22-5-7-23(8-6-22,19(33)10-22)21(35)31-12-15-2-1-14(11-30-15)24(27,28)29/h1-4,9,11,19,33H,5-8,10,12-13H2,(H,31,35)(H,32,34)/t19-,22?,23?/m1/s1. The number of ether oxygens (including phenoxy) is 1. The van der Waals surface area contributed by atoms with E-state index < -0.39 is 46.4 Å². The summed E-state index contributed by atoms with van der Waals surface area (Å²) >= 11 is 5.63. The zero-order chi connectivity index (χ0) is 26.1. The zero-order valence-electron chi connectivity index (χ0n) is 19.0. The maximum Gasteiger partial charge on any atom is 0.417 e. The summed E-state index contributed by atoms with van der Waals surface area (Å²) in [4.78, 5) is 29.2. The zero-order valence-corrected chi connectivity index (χ0v) is 19.8. The van der Waals surface area contributed by atoms with Gasteiger partial charge in [0.1, 0.15) is 11.6 Å². The van der Waals surface area contributed by atoms with E-state index in [-0.39, 0.29) is 36.0 Å². The third kappa shape index (κ3) is 5.41. The molecule has 2 amide bonds. The summed E-state index contributed by atoms with van der Waals surface area (Å²) in [5.74, 6) is -1.36. The van der Waals surface area contributed by atoms with Gasteiger partial charge in [-0.05, 0) is 56.4 Å². The molecule has 3 fully saturated rings. The van der Waals surface area contributed by atoms with Crippen LogP contribution < -0.4 is 15.4 Å². The number of rotatable bonds is 7. The Labute approximate surface area is 209 Å². The van der Waals surface area contributed by atoms with Crippen LogP contribution in [-0.2, 0) is 22.3 Å². The smallest absolute Gasteiger partial charge is 0.417 e. The van der Waals surface area contributed by atoms with Gasteiger partial charge >= 0.3 is 6.18 Å². The van der Waals surface area contributed by atoms with Crippen LogP contribution in [-0.4, -0.2) is 40.2 Å². The first-order chi connectivity index (χ1) is 16.9. The molecule has 0 spiro atoms. The van der Waals surface area contributed by atoms with Gasteiger partial charge in [0.2, 0.25) is 5.91 Å². The fourth-order valence-corrected chi connectivity index (χ4v) is 5.04. The number of amides is 2. The lowest BCUT2D eigenvalue weighted by molar-refractivity contribution is -0.156. The predicted molar refractivity (Wildman–Crippen MR) is 120 cm³/mol. The van der Waals surface area contributed by atoms with E-state index in [4.69, 9.17) is 16.3 Å². The van der Waals surface area contributed by atoms with E-state index in [2.05, 4.69) is 15.6 Å². The maximum atomic E-state index is 13.5. The van der Waals surface area contributed by atoms with Gasteiger partial charge in [-0.3, -0.25) is 14.6 Å². The fourth-order valence-electron chi connectivity index (χ4n) is 4.92. The minimum absolute atomic E-state index is 0.0627. The van der Waals surface area contributed by atoms with Gasteiger partial charge in [-0.1, -0.05) is 11.6 Å². The molecular formula is C24H24ClF4N3O4. The molecule has 7 nitrogen and oxygen atoms in total. The molecule has 194 valence electrons. The van der Waals surface area contributed by atoms with E-state index in [9.17, 15) is 32.3 Å². The van der Waals surface area contributed by atoms with Crippen molar-refractivity contribution in [2.24, 2.45) is 5.41 Å². The molecule has 1 aromatic heterocycles. The number of aliphatic hydroxyl groups excluding tert-OH is 1. The highest BCUT2D eigenvalue weighted by atomic mass is 35.5. The number of carbonyl (C=O) groups excluding carboxylic acids is 2. The lowest BCUT2D eigenvalue weighted by Gasteiger charge is -2.55. The van der Waals surface area contributed by atoms with Gasteiger partial charge in [-0.15, -0.1) is 0 Å². The molecule has 3 saturated carbocycles. The molecule has 1 heterocycles. The molecule has 3 aliphatic carbocycles. The van der Waals surface area contributed by atoms with E-state index in [0.29, 0.717) is 31.9 Å². The number of benzene rings is 1. The molecule has 1 atom stereocenters. The summed E-state index contributed by atoms with van der Waals surface area (Å²) in [5, 5.41) is 16.4. The first-order valence-electron chi connectivity index (χ1n) is 11.3. The Morgan fingerprint density at radius 3 is 2.47 bits per heavy atom. The van der Waals surface area contributed by atoms with Crippen molar-refractivity contribution in [2.45, 2.75) is 56.5 Å².